The van der Waals surface area contributed by atoms with Gasteiger partial charge in [-0.1, -0.05) is 36.4 Å². The summed E-state index contributed by atoms with van der Waals surface area (Å²) in [5.74, 6) is 0. The molecule has 7 rings (SSSR count). The molecule has 0 atom stereocenters. The molecule has 21 nitrogen and oxygen atoms in total. The zero-order valence-electron chi connectivity index (χ0n) is 46.4. The van der Waals surface area contributed by atoms with Gasteiger partial charge >= 0.3 is 0 Å². The number of rotatable bonds is 0. The van der Waals surface area contributed by atoms with Gasteiger partial charge in [0, 0.05) is 0 Å². The van der Waals surface area contributed by atoms with E-state index in [1.54, 1.807) is 0 Å². The molecule has 0 saturated carbocycles. The summed E-state index contributed by atoms with van der Waals surface area (Å²) in [4.78, 5) is 28.6. The number of hydrogen-bond acceptors (Lipinski definition) is 21. The molecule has 6 aromatic heterocycles. The smallest absolute Gasteiger partial charge is 0.0890 e. The summed E-state index contributed by atoms with van der Waals surface area (Å²) in [5.41, 5.74) is 9.35. The second kappa shape index (κ2) is 40.5. The lowest BCUT2D eigenvalue weighted by Gasteiger charge is -2.09. The second-order valence-electron chi connectivity index (χ2n) is 17.9. The Balaban J connectivity index is 0.783. The van der Waals surface area contributed by atoms with Crippen LogP contribution >= 0.6 is 0 Å². The Kier molecular flexibility index (Phi) is 31.4. The van der Waals surface area contributed by atoms with Gasteiger partial charge < -0.3 is 71.1 Å². The molecule has 6 aromatic rings. The molecule has 21 heteroatoms. The standard InChI is InChI=1S/C60H78N6O15/c1-7-49-43-76-37-31-70-25-19-67-20-27-72-33-39-78-45-51-9-3-15-57(63-51)58-16-5-11-53(65-58)47-80-41-35-74-29-23-69-24-30-75-36-42-81-48-54-12-6-18-60(66-54)59-17-4-10-52(64-59)46-79-40-34-73-28-22-68-21-26-71-32-38-77-44-50-8-2-14-56(62-50)55(13-1)61-49/h1-18H,19-48H2. The lowest BCUT2D eigenvalue weighted by molar-refractivity contribution is -0.0141. The zero-order valence-corrected chi connectivity index (χ0v) is 46.4. The summed E-state index contributed by atoms with van der Waals surface area (Å²) in [7, 11) is 0. The van der Waals surface area contributed by atoms with Crippen LogP contribution in [-0.4, -0.2) is 188 Å². The Hall–Kier alpha value is -5.70. The number of fused-ring (bicyclic) bond motifs is 15. The molecule has 0 aromatic carbocycles. The topological polar surface area (TPSA) is 216 Å². The summed E-state index contributed by atoms with van der Waals surface area (Å²) in [6.07, 6.45) is 0. The van der Waals surface area contributed by atoms with Gasteiger partial charge in [0.1, 0.15) is 0 Å². The van der Waals surface area contributed by atoms with Gasteiger partial charge in [0.05, 0.1) is 267 Å². The van der Waals surface area contributed by atoms with Crippen LogP contribution in [0.15, 0.2) is 109 Å². The summed E-state index contributed by atoms with van der Waals surface area (Å²) >= 11 is 0. The fraction of sp³-hybridized carbons (Fsp3) is 0.500. The number of pyridine rings is 6. The van der Waals surface area contributed by atoms with Crippen molar-refractivity contribution in [2.75, 3.05) is 159 Å². The largest absolute Gasteiger partial charge is 0.377 e. The minimum Gasteiger partial charge on any atom is -0.377 e. The molecule has 7 heterocycles. The van der Waals surface area contributed by atoms with E-state index in [2.05, 4.69) is 0 Å². The highest BCUT2D eigenvalue weighted by atomic mass is 16.6. The highest BCUT2D eigenvalue weighted by Gasteiger charge is 2.10. The van der Waals surface area contributed by atoms with E-state index in [0.29, 0.717) is 198 Å². The molecule has 81 heavy (non-hydrogen) atoms. The third-order valence-corrected chi connectivity index (χ3v) is 11.6. The monoisotopic (exact) mass is 1120 g/mol. The second-order valence-corrected chi connectivity index (χ2v) is 17.9. The molecule has 0 unspecified atom stereocenters. The van der Waals surface area contributed by atoms with E-state index < -0.39 is 0 Å². The van der Waals surface area contributed by atoms with Crippen molar-refractivity contribution in [2.45, 2.75) is 39.6 Å². The molecule has 0 saturated heterocycles. The van der Waals surface area contributed by atoms with Crippen LogP contribution in [0.2, 0.25) is 0 Å². The fourth-order valence-electron chi connectivity index (χ4n) is 7.61. The molecule has 1 aliphatic rings. The molecule has 0 aliphatic carbocycles. The number of ether oxygens (including phenoxy) is 15. The summed E-state index contributed by atoms with van der Waals surface area (Å²) in [6.45, 7) is 12.8. The number of aromatic nitrogens is 6. The van der Waals surface area contributed by atoms with Gasteiger partial charge in [-0.2, -0.15) is 0 Å². The van der Waals surface area contributed by atoms with Gasteiger partial charge in [-0.3, -0.25) is 0 Å². The van der Waals surface area contributed by atoms with E-state index in [-0.39, 0.29) is 0 Å². The van der Waals surface area contributed by atoms with Crippen molar-refractivity contribution in [3.05, 3.63) is 143 Å². The molecule has 0 radical (unpaired) electrons. The van der Waals surface area contributed by atoms with Gasteiger partial charge in [0.15, 0.2) is 0 Å². The van der Waals surface area contributed by atoms with Crippen molar-refractivity contribution >= 4 is 0 Å². The maximum absolute atomic E-state index is 5.83. The average molecular weight is 1120 g/mol. The quantitative estimate of drug-likeness (QED) is 0.154. The van der Waals surface area contributed by atoms with E-state index in [9.17, 15) is 0 Å². The minimum atomic E-state index is 0.352. The maximum Gasteiger partial charge on any atom is 0.0890 e. The van der Waals surface area contributed by atoms with Crippen LogP contribution in [0.25, 0.3) is 34.2 Å². The number of nitrogens with zero attached hydrogens (tertiary/aromatic N) is 6. The molecule has 1 aliphatic heterocycles. The van der Waals surface area contributed by atoms with Crippen LogP contribution < -0.4 is 0 Å². The van der Waals surface area contributed by atoms with Gasteiger partial charge in [-0.05, 0) is 72.8 Å². The first-order valence-electron chi connectivity index (χ1n) is 27.7. The van der Waals surface area contributed by atoms with Crippen molar-refractivity contribution in [3.63, 3.8) is 0 Å². The molecule has 0 fully saturated rings. The lowest BCUT2D eigenvalue weighted by atomic mass is 10.2. The molecular formula is C60H78N6O15. The highest BCUT2D eigenvalue weighted by molar-refractivity contribution is 5.56. The Morgan fingerprint density at radius 2 is 0.284 bits per heavy atom. The third kappa shape index (κ3) is 26.8. The van der Waals surface area contributed by atoms with Crippen LogP contribution in [0.5, 0.6) is 0 Å². The van der Waals surface area contributed by atoms with Gasteiger partial charge in [0.2, 0.25) is 0 Å². The highest BCUT2D eigenvalue weighted by Crippen LogP contribution is 2.19. The van der Waals surface area contributed by atoms with Crippen LogP contribution in [0.3, 0.4) is 0 Å². The SMILES string of the molecule is c1cc2nc(c1)-c1cccc(n1)COCCOCCOCCOCCOCc1cccc(n1)-c1cccc(n1)COCCOCCOCCOCCOCc1cccc(n1)-c1cccc(n1)COCCOCCOCCOCCOC2. The van der Waals surface area contributed by atoms with Crippen molar-refractivity contribution in [1.29, 1.82) is 0 Å². The Morgan fingerprint density at radius 3 is 0.420 bits per heavy atom. The maximum atomic E-state index is 5.83. The van der Waals surface area contributed by atoms with Gasteiger partial charge in [-0.25, -0.2) is 29.9 Å². The van der Waals surface area contributed by atoms with Crippen LogP contribution in [-0.2, 0) is 111 Å². The summed E-state index contributed by atoms with van der Waals surface area (Å²) in [5, 5.41) is 0. The lowest BCUT2D eigenvalue weighted by Crippen LogP contribution is -2.13. The molecular weight excluding hydrogens is 1040 g/mol. The molecule has 438 valence electrons. The first kappa shape index (κ1) is 62.9. The molecule has 0 N–H and O–H groups in total. The number of hydrogen-bond donors (Lipinski definition) is 0. The van der Waals surface area contributed by atoms with Crippen LogP contribution in [0.1, 0.15) is 34.2 Å². The van der Waals surface area contributed by atoms with E-state index in [1.165, 1.54) is 0 Å². The first-order chi connectivity index (χ1) is 40.2. The molecule has 12 bridgehead atoms. The molecule has 0 amide bonds. The minimum absolute atomic E-state index is 0.352. The van der Waals surface area contributed by atoms with Gasteiger partial charge in [-0.15, -0.1) is 0 Å². The average Bonchev–Trinajstić information content (AvgIpc) is 3.51. The molecule has 0 spiro atoms. The van der Waals surface area contributed by atoms with E-state index >= 15 is 0 Å². The third-order valence-electron chi connectivity index (χ3n) is 11.6. The Bertz CT molecular complexity index is 2150. The van der Waals surface area contributed by atoms with Gasteiger partial charge in [0.25, 0.3) is 0 Å². The Morgan fingerprint density at radius 1 is 0.160 bits per heavy atom. The summed E-state index contributed by atoms with van der Waals surface area (Å²) in [6, 6.07) is 34.9. The predicted octanol–water partition coefficient (Wildman–Crippen LogP) is 6.72. The van der Waals surface area contributed by atoms with Crippen molar-refractivity contribution in [1.82, 2.24) is 29.9 Å². The first-order valence-corrected chi connectivity index (χ1v) is 27.7. The fourth-order valence-corrected chi connectivity index (χ4v) is 7.61. The zero-order chi connectivity index (χ0) is 55.7. The Labute approximate surface area is 475 Å². The van der Waals surface area contributed by atoms with Crippen LogP contribution in [0, 0.1) is 0 Å². The van der Waals surface area contributed by atoms with E-state index in [0.717, 1.165) is 68.3 Å². The normalized spacial score (nSPS) is 18.4. The van der Waals surface area contributed by atoms with E-state index in [4.69, 9.17) is 101 Å². The van der Waals surface area contributed by atoms with E-state index in [1.807, 2.05) is 109 Å². The van der Waals surface area contributed by atoms with Crippen molar-refractivity contribution in [2.24, 2.45) is 0 Å². The predicted molar refractivity (Wildman–Crippen MR) is 298 cm³/mol. The van der Waals surface area contributed by atoms with Crippen LogP contribution in [0.4, 0.5) is 0 Å². The van der Waals surface area contributed by atoms with Crippen molar-refractivity contribution < 1.29 is 71.1 Å². The summed E-state index contributed by atoms with van der Waals surface area (Å²) < 4.78 is 86.0. The van der Waals surface area contributed by atoms with Crippen molar-refractivity contribution in [3.8, 4) is 34.2 Å².